The van der Waals surface area contributed by atoms with Crippen LogP contribution in [-0.2, 0) is 13.6 Å². The monoisotopic (exact) mass is 324 g/mol. The number of hydrogen-bond donors (Lipinski definition) is 1. The third-order valence-corrected chi connectivity index (χ3v) is 3.53. The van der Waals surface area contributed by atoms with Crippen molar-refractivity contribution in [3.05, 3.63) is 58.8 Å². The van der Waals surface area contributed by atoms with Gasteiger partial charge in [0.15, 0.2) is 5.82 Å². The van der Waals surface area contributed by atoms with E-state index in [0.29, 0.717) is 5.69 Å². The molecule has 2 aromatic heterocycles. The van der Waals surface area contributed by atoms with Crippen molar-refractivity contribution >= 4 is 11.6 Å². The summed E-state index contributed by atoms with van der Waals surface area (Å²) in [5, 5.41) is 14.7. The highest BCUT2D eigenvalue weighted by molar-refractivity contribution is 6.02. The third kappa shape index (κ3) is 3.07. The molecule has 0 fully saturated rings. The van der Waals surface area contributed by atoms with Crippen LogP contribution in [0.25, 0.3) is 11.4 Å². The largest absolute Gasteiger partial charge is 0.321 e. The lowest BCUT2D eigenvalue weighted by molar-refractivity contribution is 0.102. The summed E-state index contributed by atoms with van der Waals surface area (Å²) in [4.78, 5) is 23.6. The lowest BCUT2D eigenvalue weighted by atomic mass is 10.2. The Balaban J connectivity index is 1.85. The van der Waals surface area contributed by atoms with Gasteiger partial charge in [0, 0.05) is 30.9 Å². The number of carbonyl (C=O) groups excluding carboxylic acids is 1. The van der Waals surface area contributed by atoms with Gasteiger partial charge in [-0.15, -0.1) is 10.2 Å². The van der Waals surface area contributed by atoms with Crippen molar-refractivity contribution in [1.29, 1.82) is 0 Å². The van der Waals surface area contributed by atoms with E-state index < -0.39 is 0 Å². The van der Waals surface area contributed by atoms with E-state index in [1.807, 2.05) is 29.7 Å². The summed E-state index contributed by atoms with van der Waals surface area (Å²) < 4.78 is 3.03. The minimum Gasteiger partial charge on any atom is -0.321 e. The lowest BCUT2D eigenvalue weighted by Gasteiger charge is -2.08. The number of amides is 1. The molecule has 0 bridgehead atoms. The van der Waals surface area contributed by atoms with Gasteiger partial charge in [-0.25, -0.2) is 4.68 Å². The van der Waals surface area contributed by atoms with E-state index in [9.17, 15) is 9.59 Å². The van der Waals surface area contributed by atoms with Crippen LogP contribution in [0, 0.1) is 0 Å². The van der Waals surface area contributed by atoms with Gasteiger partial charge in [0.05, 0.1) is 0 Å². The Bertz CT molecular complexity index is 943. The zero-order valence-electron chi connectivity index (χ0n) is 13.3. The van der Waals surface area contributed by atoms with Gasteiger partial charge >= 0.3 is 0 Å². The number of aryl methyl sites for hydroxylation is 2. The van der Waals surface area contributed by atoms with Gasteiger partial charge in [-0.3, -0.25) is 9.59 Å². The lowest BCUT2D eigenvalue weighted by Crippen LogP contribution is -2.23. The van der Waals surface area contributed by atoms with Crippen LogP contribution in [0.5, 0.6) is 0 Å². The molecule has 3 rings (SSSR count). The molecule has 0 aliphatic rings. The summed E-state index contributed by atoms with van der Waals surface area (Å²) in [6.07, 6.45) is 1.66. The molecule has 0 aliphatic heterocycles. The molecule has 1 aromatic carbocycles. The van der Waals surface area contributed by atoms with Crippen molar-refractivity contribution in [2.24, 2.45) is 7.05 Å². The first-order valence-corrected chi connectivity index (χ1v) is 7.42. The topological polar surface area (TPSA) is 94.7 Å². The molecule has 8 nitrogen and oxygen atoms in total. The van der Waals surface area contributed by atoms with E-state index in [1.165, 1.54) is 19.2 Å². The van der Waals surface area contributed by atoms with Crippen molar-refractivity contribution in [2.75, 3.05) is 5.32 Å². The predicted molar refractivity (Wildman–Crippen MR) is 88.6 cm³/mol. The van der Waals surface area contributed by atoms with Gasteiger partial charge < -0.3 is 9.88 Å². The molecular weight excluding hydrogens is 308 g/mol. The summed E-state index contributed by atoms with van der Waals surface area (Å²) in [6, 6.07) is 10.0. The van der Waals surface area contributed by atoms with Gasteiger partial charge in [-0.1, -0.05) is 12.1 Å². The van der Waals surface area contributed by atoms with E-state index in [0.717, 1.165) is 22.6 Å². The molecular formula is C16H16N6O2. The van der Waals surface area contributed by atoms with Gasteiger partial charge in [0.1, 0.15) is 12.0 Å². The Morgan fingerprint density at radius 1 is 1.25 bits per heavy atom. The van der Waals surface area contributed by atoms with E-state index in [1.54, 1.807) is 12.4 Å². The molecule has 0 atom stereocenters. The van der Waals surface area contributed by atoms with Gasteiger partial charge in [0.2, 0.25) is 0 Å². The molecule has 0 unspecified atom stereocenters. The summed E-state index contributed by atoms with van der Waals surface area (Å²) in [5.41, 5.74) is 1.35. The number of benzene rings is 1. The average Bonchev–Trinajstić information content (AvgIpc) is 3.06. The van der Waals surface area contributed by atoms with Crippen molar-refractivity contribution < 1.29 is 4.79 Å². The highest BCUT2D eigenvalue weighted by Gasteiger charge is 2.11. The minimum absolute atomic E-state index is 0.166. The van der Waals surface area contributed by atoms with Crippen molar-refractivity contribution in [3.63, 3.8) is 0 Å². The first-order valence-electron chi connectivity index (χ1n) is 7.42. The van der Waals surface area contributed by atoms with Crippen molar-refractivity contribution in [2.45, 2.75) is 13.5 Å². The van der Waals surface area contributed by atoms with E-state index in [-0.39, 0.29) is 17.2 Å². The molecule has 1 amide bonds. The van der Waals surface area contributed by atoms with Crippen LogP contribution >= 0.6 is 0 Å². The molecule has 1 N–H and O–H groups in total. The van der Waals surface area contributed by atoms with Gasteiger partial charge in [-0.05, 0) is 25.1 Å². The van der Waals surface area contributed by atoms with Crippen molar-refractivity contribution in [1.82, 2.24) is 24.5 Å². The quantitative estimate of drug-likeness (QED) is 0.781. The Labute approximate surface area is 137 Å². The van der Waals surface area contributed by atoms with E-state index in [4.69, 9.17) is 0 Å². The van der Waals surface area contributed by atoms with Crippen LogP contribution in [0.3, 0.4) is 0 Å². The summed E-state index contributed by atoms with van der Waals surface area (Å²) in [7, 11) is 1.50. The first kappa shape index (κ1) is 15.6. The zero-order valence-corrected chi connectivity index (χ0v) is 13.3. The summed E-state index contributed by atoms with van der Waals surface area (Å²) >= 11 is 0. The van der Waals surface area contributed by atoms with E-state index in [2.05, 4.69) is 20.6 Å². The fraction of sp³-hybridized carbons (Fsp3) is 0.188. The maximum absolute atomic E-state index is 12.3. The second kappa shape index (κ2) is 6.45. The van der Waals surface area contributed by atoms with Crippen LogP contribution in [0.4, 0.5) is 5.69 Å². The Hall–Kier alpha value is -3.29. The number of aromatic nitrogens is 5. The van der Waals surface area contributed by atoms with Crippen LogP contribution in [0.2, 0.25) is 0 Å². The molecule has 2 heterocycles. The molecule has 0 radical (unpaired) electrons. The minimum atomic E-state index is -0.389. The van der Waals surface area contributed by atoms with Crippen molar-refractivity contribution in [3.8, 4) is 11.4 Å². The average molecular weight is 324 g/mol. The van der Waals surface area contributed by atoms with Crippen LogP contribution in [-0.4, -0.2) is 30.5 Å². The Kier molecular flexibility index (Phi) is 4.19. The smallest absolute Gasteiger partial charge is 0.276 e. The molecule has 3 aromatic rings. The Morgan fingerprint density at radius 2 is 2.08 bits per heavy atom. The summed E-state index contributed by atoms with van der Waals surface area (Å²) in [6.45, 7) is 2.75. The second-order valence-corrected chi connectivity index (χ2v) is 5.16. The number of anilines is 1. The van der Waals surface area contributed by atoms with Gasteiger partial charge in [-0.2, -0.15) is 5.10 Å². The van der Waals surface area contributed by atoms with Crippen LogP contribution in [0.1, 0.15) is 17.4 Å². The molecule has 0 aliphatic carbocycles. The highest BCUT2D eigenvalue weighted by atomic mass is 16.2. The number of rotatable bonds is 4. The first-order chi connectivity index (χ1) is 11.6. The Morgan fingerprint density at radius 3 is 2.83 bits per heavy atom. The number of hydrogen-bond acceptors (Lipinski definition) is 5. The number of nitrogens with one attached hydrogen (secondary N) is 1. The molecule has 8 heteroatoms. The van der Waals surface area contributed by atoms with Gasteiger partial charge in [0.25, 0.3) is 11.5 Å². The van der Waals surface area contributed by atoms with E-state index >= 15 is 0 Å². The summed E-state index contributed by atoms with van der Waals surface area (Å²) in [5.74, 6) is 0.341. The molecule has 122 valence electrons. The fourth-order valence-corrected chi connectivity index (χ4v) is 2.26. The SMILES string of the molecule is CCn1cnnc1-c1cccc(NC(=O)c2ccc(=O)n(C)n2)c1. The zero-order chi connectivity index (χ0) is 17.1. The van der Waals surface area contributed by atoms with Crippen LogP contribution < -0.4 is 10.9 Å². The third-order valence-electron chi connectivity index (χ3n) is 3.53. The standard InChI is InChI=1S/C16H16N6O2/c1-3-22-10-17-19-15(22)11-5-4-6-12(9-11)18-16(24)13-7-8-14(23)21(2)20-13/h4-10H,3H2,1-2H3,(H,18,24). The normalized spacial score (nSPS) is 10.6. The molecule has 0 spiro atoms. The van der Waals surface area contributed by atoms with Crippen LogP contribution in [0.15, 0.2) is 47.5 Å². The number of nitrogens with zero attached hydrogens (tertiary/aromatic N) is 5. The fourth-order valence-electron chi connectivity index (χ4n) is 2.26. The number of carbonyl (C=O) groups is 1. The highest BCUT2D eigenvalue weighted by Crippen LogP contribution is 2.21. The second-order valence-electron chi connectivity index (χ2n) is 5.16. The maximum atomic E-state index is 12.3. The maximum Gasteiger partial charge on any atom is 0.276 e. The molecule has 0 saturated carbocycles. The molecule has 24 heavy (non-hydrogen) atoms. The predicted octanol–water partition coefficient (Wildman–Crippen LogP) is 1.31. The molecule has 0 saturated heterocycles.